The number of nitrogens with zero attached hydrogens (tertiary/aromatic N) is 1. The van der Waals surface area contributed by atoms with Crippen LogP contribution in [0.25, 0.3) is 11.1 Å². The normalized spacial score (nSPS) is 12.8. The van der Waals surface area contributed by atoms with Crippen LogP contribution in [0.5, 0.6) is 0 Å². The molecular formula is C29H30N2O6. The minimum absolute atomic E-state index is 0.0217. The van der Waals surface area contributed by atoms with Crippen LogP contribution in [0.1, 0.15) is 29.0 Å². The van der Waals surface area contributed by atoms with E-state index < -0.39 is 24.1 Å². The topological polar surface area (TPSA) is 105 Å². The summed E-state index contributed by atoms with van der Waals surface area (Å²) in [7, 11) is 1.37. The third-order valence-corrected chi connectivity index (χ3v) is 6.46. The summed E-state index contributed by atoms with van der Waals surface area (Å²) in [6.07, 6.45) is -1.84. The van der Waals surface area contributed by atoms with Crippen LogP contribution in [0, 0.1) is 0 Å². The monoisotopic (exact) mass is 502 g/mol. The van der Waals surface area contributed by atoms with Crippen molar-refractivity contribution in [1.29, 1.82) is 0 Å². The average molecular weight is 503 g/mol. The summed E-state index contributed by atoms with van der Waals surface area (Å²) in [5.74, 6) is -1.49. The summed E-state index contributed by atoms with van der Waals surface area (Å²) >= 11 is 0. The molecule has 0 aromatic heterocycles. The molecule has 1 atom stereocenters. The molecule has 192 valence electrons. The van der Waals surface area contributed by atoms with E-state index in [9.17, 15) is 14.4 Å². The van der Waals surface area contributed by atoms with Gasteiger partial charge in [0, 0.05) is 26.1 Å². The molecule has 0 spiro atoms. The second kappa shape index (κ2) is 12.2. The lowest BCUT2D eigenvalue weighted by Crippen LogP contribution is -2.46. The number of carbonyl (C=O) groups is 3. The van der Waals surface area contributed by atoms with Gasteiger partial charge in [-0.3, -0.25) is 9.59 Å². The fraction of sp³-hybridized carbons (Fsp3) is 0.276. The number of benzene rings is 3. The van der Waals surface area contributed by atoms with Crippen molar-refractivity contribution in [2.75, 3.05) is 26.8 Å². The van der Waals surface area contributed by atoms with Crippen LogP contribution in [0.4, 0.5) is 4.79 Å². The molecule has 1 aliphatic rings. The maximum atomic E-state index is 13.2. The number of methoxy groups -OCH3 is 1. The van der Waals surface area contributed by atoms with Gasteiger partial charge in [-0.1, -0.05) is 78.9 Å². The van der Waals surface area contributed by atoms with E-state index in [1.807, 2.05) is 66.7 Å². The number of alkyl carbamates (subject to hydrolysis) is 1. The Hall–Kier alpha value is -4.17. The molecule has 3 aromatic rings. The van der Waals surface area contributed by atoms with Gasteiger partial charge in [-0.2, -0.15) is 0 Å². The summed E-state index contributed by atoms with van der Waals surface area (Å²) in [4.78, 5) is 38.3. The lowest BCUT2D eigenvalue weighted by atomic mass is 9.98. The van der Waals surface area contributed by atoms with Crippen LogP contribution >= 0.6 is 0 Å². The van der Waals surface area contributed by atoms with Gasteiger partial charge in [-0.25, -0.2) is 4.79 Å². The Bertz CT molecular complexity index is 1200. The summed E-state index contributed by atoms with van der Waals surface area (Å²) in [6, 6.07) is 25.4. The van der Waals surface area contributed by atoms with Gasteiger partial charge >= 0.3 is 12.1 Å². The zero-order valence-corrected chi connectivity index (χ0v) is 20.6. The van der Waals surface area contributed by atoms with E-state index in [2.05, 4.69) is 17.4 Å². The quantitative estimate of drug-likeness (QED) is 0.410. The highest BCUT2D eigenvalue weighted by Crippen LogP contribution is 2.44. The molecule has 0 heterocycles. The number of hydrogen-bond donors (Lipinski definition) is 2. The molecule has 0 bridgehead atoms. The predicted molar refractivity (Wildman–Crippen MR) is 138 cm³/mol. The summed E-state index contributed by atoms with van der Waals surface area (Å²) < 4.78 is 10.9. The van der Waals surface area contributed by atoms with E-state index in [0.717, 1.165) is 27.8 Å². The largest absolute Gasteiger partial charge is 0.481 e. The van der Waals surface area contributed by atoms with E-state index in [0.29, 0.717) is 0 Å². The molecule has 1 aliphatic carbocycles. The molecule has 4 rings (SSSR count). The Morgan fingerprint density at radius 1 is 0.919 bits per heavy atom. The molecule has 0 fully saturated rings. The second-order valence-electron chi connectivity index (χ2n) is 8.82. The number of aliphatic carboxylic acids is 1. The number of rotatable bonds is 11. The second-order valence-corrected chi connectivity index (χ2v) is 8.82. The molecule has 0 radical (unpaired) electrons. The van der Waals surface area contributed by atoms with Crippen molar-refractivity contribution in [2.24, 2.45) is 0 Å². The van der Waals surface area contributed by atoms with Crippen LogP contribution in [-0.4, -0.2) is 60.9 Å². The Kier molecular flexibility index (Phi) is 8.53. The summed E-state index contributed by atoms with van der Waals surface area (Å²) in [6.45, 7) is 0.306. The number of hydrogen-bond acceptors (Lipinski definition) is 5. The van der Waals surface area contributed by atoms with Gasteiger partial charge in [-0.05, 0) is 27.8 Å². The minimum Gasteiger partial charge on any atom is -0.481 e. The Morgan fingerprint density at radius 3 is 2.11 bits per heavy atom. The molecule has 2 N–H and O–H groups in total. The zero-order chi connectivity index (χ0) is 26.2. The first kappa shape index (κ1) is 25.9. The molecule has 8 nitrogen and oxygen atoms in total. The van der Waals surface area contributed by atoms with Crippen LogP contribution < -0.4 is 5.32 Å². The number of carboxylic acids is 1. The van der Waals surface area contributed by atoms with Crippen LogP contribution in [0.15, 0.2) is 78.9 Å². The van der Waals surface area contributed by atoms with Crippen molar-refractivity contribution >= 4 is 18.0 Å². The maximum Gasteiger partial charge on any atom is 0.407 e. The average Bonchev–Trinajstić information content (AvgIpc) is 3.24. The van der Waals surface area contributed by atoms with E-state index in [1.54, 1.807) is 0 Å². The van der Waals surface area contributed by atoms with Crippen molar-refractivity contribution < 1.29 is 29.0 Å². The molecule has 0 saturated heterocycles. The lowest BCUT2D eigenvalue weighted by Gasteiger charge is -2.26. The standard InChI is InChI=1S/C29H30N2O6/c1-36-26(28(34)31(16-15-27(32)33)18-20-9-3-2-4-10-20)17-30-29(35)37-19-25-23-13-7-5-11-21(23)22-12-6-8-14-24(22)25/h2-14,25-26H,15-19H2,1H3,(H,30,35)(H,32,33). The third-order valence-electron chi connectivity index (χ3n) is 6.46. The molecule has 8 heteroatoms. The van der Waals surface area contributed by atoms with Crippen LogP contribution in [-0.2, 0) is 25.6 Å². The minimum atomic E-state index is -1.00. The van der Waals surface area contributed by atoms with E-state index in [-0.39, 0.29) is 38.6 Å². The number of amides is 2. The van der Waals surface area contributed by atoms with Crippen molar-refractivity contribution in [3.8, 4) is 11.1 Å². The molecule has 2 amide bonds. The van der Waals surface area contributed by atoms with Crippen molar-refractivity contribution in [2.45, 2.75) is 25.0 Å². The van der Waals surface area contributed by atoms with E-state index in [1.165, 1.54) is 12.0 Å². The van der Waals surface area contributed by atoms with Crippen LogP contribution in [0.3, 0.4) is 0 Å². The number of carbonyl (C=O) groups excluding carboxylic acids is 2. The number of fused-ring (bicyclic) bond motifs is 3. The number of nitrogens with one attached hydrogen (secondary N) is 1. The molecule has 0 saturated carbocycles. The highest BCUT2D eigenvalue weighted by Gasteiger charge is 2.30. The highest BCUT2D eigenvalue weighted by molar-refractivity contribution is 5.82. The number of carboxylic acid groups (broad SMARTS) is 1. The fourth-order valence-electron chi connectivity index (χ4n) is 4.60. The SMILES string of the molecule is COC(CNC(=O)OCC1c2ccccc2-c2ccccc21)C(=O)N(CCC(=O)O)Cc1ccccc1. The zero-order valence-electron chi connectivity index (χ0n) is 20.6. The Balaban J connectivity index is 1.35. The molecular weight excluding hydrogens is 472 g/mol. The van der Waals surface area contributed by atoms with Gasteiger partial charge in [0.25, 0.3) is 5.91 Å². The first-order valence-electron chi connectivity index (χ1n) is 12.1. The third kappa shape index (κ3) is 6.34. The van der Waals surface area contributed by atoms with Crippen molar-refractivity contribution in [3.63, 3.8) is 0 Å². The lowest BCUT2D eigenvalue weighted by molar-refractivity contribution is -0.144. The van der Waals surface area contributed by atoms with Gasteiger partial charge in [-0.15, -0.1) is 0 Å². The smallest absolute Gasteiger partial charge is 0.407 e. The van der Waals surface area contributed by atoms with Crippen LogP contribution in [0.2, 0.25) is 0 Å². The molecule has 37 heavy (non-hydrogen) atoms. The fourth-order valence-corrected chi connectivity index (χ4v) is 4.60. The van der Waals surface area contributed by atoms with Gasteiger partial charge in [0.1, 0.15) is 6.61 Å². The summed E-state index contributed by atoms with van der Waals surface area (Å²) in [5.41, 5.74) is 5.35. The van der Waals surface area contributed by atoms with Gasteiger partial charge in [0.2, 0.25) is 0 Å². The van der Waals surface area contributed by atoms with Gasteiger partial charge in [0.05, 0.1) is 13.0 Å². The number of ether oxygens (including phenoxy) is 2. The van der Waals surface area contributed by atoms with Gasteiger partial charge in [0.15, 0.2) is 6.10 Å². The first-order chi connectivity index (χ1) is 18.0. The Morgan fingerprint density at radius 2 is 1.51 bits per heavy atom. The van der Waals surface area contributed by atoms with Crippen molar-refractivity contribution in [3.05, 3.63) is 95.6 Å². The van der Waals surface area contributed by atoms with E-state index >= 15 is 0 Å². The Labute approximate surface area is 215 Å². The maximum absolute atomic E-state index is 13.2. The predicted octanol–water partition coefficient (Wildman–Crippen LogP) is 4.04. The molecule has 0 aliphatic heterocycles. The van der Waals surface area contributed by atoms with E-state index in [4.69, 9.17) is 14.6 Å². The summed E-state index contributed by atoms with van der Waals surface area (Å²) in [5, 5.41) is 11.7. The molecule has 3 aromatic carbocycles. The van der Waals surface area contributed by atoms with Crippen molar-refractivity contribution in [1.82, 2.24) is 10.2 Å². The highest BCUT2D eigenvalue weighted by atomic mass is 16.5. The first-order valence-corrected chi connectivity index (χ1v) is 12.1. The molecule has 1 unspecified atom stereocenters. The van der Waals surface area contributed by atoms with Gasteiger partial charge < -0.3 is 24.8 Å².